The number of amidine groups is 1. The molecule has 2 amide bonds. The lowest BCUT2D eigenvalue weighted by Crippen LogP contribution is -2.22. The summed E-state index contributed by atoms with van der Waals surface area (Å²) in [4.78, 5) is 30.1. The van der Waals surface area contributed by atoms with Gasteiger partial charge in [-0.05, 0) is 82.5 Å². The summed E-state index contributed by atoms with van der Waals surface area (Å²) in [6.07, 6.45) is 1.19. The second-order valence-corrected chi connectivity index (χ2v) is 11.0. The molecule has 0 bridgehead atoms. The molecular formula is C31H45N17O2. The first kappa shape index (κ1) is 39.5. The van der Waals surface area contributed by atoms with Gasteiger partial charge in [0.15, 0.2) is 0 Å². The number of unbranched alkanes of at least 4 members (excludes halogenated alkanes) is 1. The zero-order chi connectivity index (χ0) is 37.4. The molecule has 0 saturated heterocycles. The molecule has 19 heteroatoms. The van der Waals surface area contributed by atoms with Crippen molar-refractivity contribution in [1.82, 2.24) is 0 Å². The molecule has 2 aromatic carbocycles. The molecule has 2 aromatic rings. The largest absolute Gasteiger partial charge is 0.386 e. The summed E-state index contributed by atoms with van der Waals surface area (Å²) in [5.74, 6) is -1.22. The topological polar surface area (TPSA) is 351 Å². The van der Waals surface area contributed by atoms with Crippen LogP contribution in [0.2, 0.25) is 0 Å². The van der Waals surface area contributed by atoms with Crippen molar-refractivity contribution in [2.75, 3.05) is 17.2 Å². The van der Waals surface area contributed by atoms with Crippen LogP contribution >= 0.6 is 0 Å². The number of nitrogens with zero attached hydrogens (tertiary/aromatic N) is 7. The number of amides is 2. The lowest BCUT2D eigenvalue weighted by Gasteiger charge is -2.12. The second kappa shape index (κ2) is 19.2. The normalized spacial score (nSPS) is 12.1. The van der Waals surface area contributed by atoms with E-state index in [1.165, 1.54) is 0 Å². The van der Waals surface area contributed by atoms with Crippen LogP contribution in [0, 0.1) is 5.41 Å². The maximum absolute atomic E-state index is 12.9. The summed E-state index contributed by atoms with van der Waals surface area (Å²) >= 11 is 0. The van der Waals surface area contributed by atoms with Crippen LogP contribution in [-0.2, 0) is 9.59 Å². The van der Waals surface area contributed by atoms with E-state index in [1.807, 2.05) is 6.07 Å². The Hall–Kier alpha value is -6.66. The summed E-state index contributed by atoms with van der Waals surface area (Å²) in [5, 5.41) is 36.3. The lowest BCUT2D eigenvalue weighted by molar-refractivity contribution is -0.118. The van der Waals surface area contributed by atoms with Gasteiger partial charge in [0.25, 0.3) is 0 Å². The molecular weight excluding hydrogens is 642 g/mol. The zero-order valence-electron chi connectivity index (χ0n) is 28.5. The van der Waals surface area contributed by atoms with Crippen molar-refractivity contribution in [2.45, 2.75) is 53.4 Å². The van der Waals surface area contributed by atoms with Gasteiger partial charge in [0.1, 0.15) is 5.84 Å². The van der Waals surface area contributed by atoms with Crippen LogP contribution in [0.25, 0.3) is 0 Å². The molecule has 266 valence electrons. The van der Waals surface area contributed by atoms with E-state index in [4.69, 9.17) is 45.5 Å². The second-order valence-electron chi connectivity index (χ2n) is 11.0. The Bertz CT molecular complexity index is 1740. The van der Waals surface area contributed by atoms with Crippen molar-refractivity contribution < 1.29 is 9.59 Å². The SMILES string of the molecule is CC(=NCC(=N)N)c1cc(NC(=O)CCCCC(=O)Nc2cc(/C(C)=N/N=C(N)N)cc(/C(C)=N/N=C(N)N)c2)cc(/C(C)=N/N=C(N)N)c1. The van der Waals surface area contributed by atoms with Crippen LogP contribution in [0.4, 0.5) is 11.4 Å². The van der Waals surface area contributed by atoms with E-state index < -0.39 is 0 Å². The van der Waals surface area contributed by atoms with Gasteiger partial charge in [-0.15, -0.1) is 15.3 Å². The Morgan fingerprint density at radius 1 is 0.540 bits per heavy atom. The monoisotopic (exact) mass is 687 g/mol. The molecule has 0 aromatic heterocycles. The molecule has 0 aliphatic carbocycles. The van der Waals surface area contributed by atoms with Crippen molar-refractivity contribution in [3.05, 3.63) is 58.7 Å². The van der Waals surface area contributed by atoms with Gasteiger partial charge in [0.05, 0.1) is 23.7 Å². The minimum Gasteiger partial charge on any atom is -0.386 e. The van der Waals surface area contributed by atoms with E-state index in [0.29, 0.717) is 69.3 Å². The van der Waals surface area contributed by atoms with Crippen molar-refractivity contribution in [1.29, 1.82) is 5.41 Å². The fraction of sp³-hybridized carbons (Fsp3) is 0.290. The van der Waals surface area contributed by atoms with E-state index in [2.05, 4.69) is 46.2 Å². The molecule has 17 N–H and O–H groups in total. The Morgan fingerprint density at radius 3 is 1.16 bits per heavy atom. The van der Waals surface area contributed by atoms with E-state index in [-0.39, 0.29) is 54.9 Å². The van der Waals surface area contributed by atoms with Gasteiger partial charge in [-0.2, -0.15) is 15.3 Å². The fourth-order valence-electron chi connectivity index (χ4n) is 4.12. The van der Waals surface area contributed by atoms with Gasteiger partial charge in [0, 0.05) is 46.6 Å². The van der Waals surface area contributed by atoms with E-state index in [9.17, 15) is 9.59 Å². The summed E-state index contributed by atoms with van der Waals surface area (Å²) in [6, 6.07) is 10.5. The molecule has 0 unspecified atom stereocenters. The molecule has 2 rings (SSSR count). The predicted molar refractivity (Wildman–Crippen MR) is 202 cm³/mol. The summed E-state index contributed by atoms with van der Waals surface area (Å²) in [7, 11) is 0. The van der Waals surface area contributed by atoms with E-state index in [0.717, 1.165) is 0 Å². The summed E-state index contributed by atoms with van der Waals surface area (Å²) < 4.78 is 0. The van der Waals surface area contributed by atoms with Crippen molar-refractivity contribution in [2.24, 2.45) is 75.7 Å². The molecule has 0 aliphatic rings. The minimum atomic E-state index is -0.264. The number of guanidine groups is 3. The fourth-order valence-corrected chi connectivity index (χ4v) is 4.12. The van der Waals surface area contributed by atoms with E-state index in [1.54, 1.807) is 58.0 Å². The number of carbonyl (C=O) groups is 2. The maximum Gasteiger partial charge on any atom is 0.224 e. The Balaban J connectivity index is 2.14. The van der Waals surface area contributed by atoms with Gasteiger partial charge >= 0.3 is 0 Å². The number of nitrogens with two attached hydrogens (primary N) is 7. The first-order chi connectivity index (χ1) is 23.5. The lowest BCUT2D eigenvalue weighted by atomic mass is 10.0. The van der Waals surface area contributed by atoms with Crippen LogP contribution < -0.4 is 50.8 Å². The molecule has 50 heavy (non-hydrogen) atoms. The minimum absolute atomic E-state index is 0.0274. The van der Waals surface area contributed by atoms with Gasteiger partial charge in [-0.25, -0.2) is 0 Å². The average Bonchev–Trinajstić information content (AvgIpc) is 3.05. The van der Waals surface area contributed by atoms with Crippen LogP contribution in [0.1, 0.15) is 75.6 Å². The molecule has 0 spiro atoms. The first-order valence-corrected chi connectivity index (χ1v) is 15.2. The van der Waals surface area contributed by atoms with Gasteiger partial charge in [0.2, 0.25) is 29.7 Å². The number of hydrogen-bond donors (Lipinski definition) is 10. The van der Waals surface area contributed by atoms with Crippen LogP contribution in [-0.4, -0.2) is 64.9 Å². The molecule has 0 radical (unpaired) electrons. The third-order valence-corrected chi connectivity index (χ3v) is 6.60. The average molecular weight is 688 g/mol. The van der Waals surface area contributed by atoms with Gasteiger partial charge < -0.3 is 50.8 Å². The Labute approximate surface area is 289 Å². The third-order valence-electron chi connectivity index (χ3n) is 6.60. The maximum atomic E-state index is 12.9. The van der Waals surface area contributed by atoms with Crippen LogP contribution in [0.5, 0.6) is 0 Å². The van der Waals surface area contributed by atoms with E-state index >= 15 is 0 Å². The third kappa shape index (κ3) is 14.4. The number of carbonyl (C=O) groups excluding carboxylic acids is 2. The molecule has 0 saturated carbocycles. The number of aliphatic imine (C=N–C) groups is 1. The summed E-state index contributed by atoms with van der Waals surface area (Å²) in [6.45, 7) is 6.91. The number of benzene rings is 2. The van der Waals surface area contributed by atoms with Crippen LogP contribution in [0.3, 0.4) is 0 Å². The highest BCUT2D eigenvalue weighted by Crippen LogP contribution is 2.20. The highest BCUT2D eigenvalue weighted by Gasteiger charge is 2.12. The zero-order valence-corrected chi connectivity index (χ0v) is 28.5. The molecule has 0 aliphatic heterocycles. The standard InChI is InChI=1S/C31H45N17O2/c1-16(40-15-26(32)33)20-9-21(17(2)43-46-29(34)35)12-24(11-20)41-27(49)7-5-6-8-28(50)42-25-13-22(18(3)44-47-30(36)37)10-23(14-25)19(4)45-48-31(38)39/h9-14H,5-8,15H2,1-4H3,(H3,32,33)(H,41,49)(H,42,50)(H4,34,35,46)(H4,36,37,47)(H4,38,39,48)/b40-16?,43-17+,44-18+,45-19+. The van der Waals surface area contributed by atoms with Crippen molar-refractivity contribution in [3.63, 3.8) is 0 Å². The van der Waals surface area contributed by atoms with Crippen molar-refractivity contribution >= 4 is 69.8 Å². The molecule has 0 fully saturated rings. The smallest absolute Gasteiger partial charge is 0.224 e. The quantitative estimate of drug-likeness (QED) is 0.0509. The predicted octanol–water partition coefficient (Wildman–Crippen LogP) is 0.561. The number of anilines is 2. The molecule has 19 nitrogen and oxygen atoms in total. The number of hydrogen-bond acceptors (Lipinski definition) is 10. The van der Waals surface area contributed by atoms with Gasteiger partial charge in [-0.3, -0.25) is 20.0 Å². The first-order valence-electron chi connectivity index (χ1n) is 15.2. The Morgan fingerprint density at radius 2 is 0.860 bits per heavy atom. The highest BCUT2D eigenvalue weighted by atomic mass is 16.2. The Kier molecular flexibility index (Phi) is 15.2. The highest BCUT2D eigenvalue weighted by molar-refractivity contribution is 6.07. The van der Waals surface area contributed by atoms with Gasteiger partial charge in [-0.1, -0.05) is 0 Å². The number of nitrogens with one attached hydrogen (secondary N) is 3. The molecule has 0 heterocycles. The summed E-state index contributed by atoms with van der Waals surface area (Å²) in [5.41, 5.74) is 43.4. The molecule has 0 atom stereocenters. The van der Waals surface area contributed by atoms with Crippen LogP contribution in [0.15, 0.2) is 72.0 Å². The number of rotatable bonds is 16. The van der Waals surface area contributed by atoms with Crippen molar-refractivity contribution in [3.8, 4) is 0 Å².